The second kappa shape index (κ2) is 4.11. The second-order valence-corrected chi connectivity index (χ2v) is 3.19. The number of benzene rings is 1. The summed E-state index contributed by atoms with van der Waals surface area (Å²) in [6.07, 6.45) is 0. The van der Waals surface area contributed by atoms with Gasteiger partial charge in [-0.1, -0.05) is 31.3 Å². The fourth-order valence-electron chi connectivity index (χ4n) is 1.000. The first kappa shape index (κ1) is 9.82. The Hall–Kier alpha value is -1.27. The van der Waals surface area contributed by atoms with Crippen LogP contribution in [-0.2, 0) is 0 Å². The van der Waals surface area contributed by atoms with Gasteiger partial charge in [-0.15, -0.1) is 0 Å². The lowest BCUT2D eigenvalue weighted by atomic mass is 9.98. The molecule has 1 rings (SSSR count). The smallest absolute Gasteiger partial charge is 0.123 e. The Labute approximate surface area is 81.8 Å². The molecule has 0 radical (unpaired) electrons. The van der Waals surface area contributed by atoms with Crippen molar-refractivity contribution in [1.29, 1.82) is 5.26 Å². The summed E-state index contributed by atoms with van der Waals surface area (Å²) in [5.74, 6) is -0.389. The summed E-state index contributed by atoms with van der Waals surface area (Å²) >= 11 is 4.84. The third-order valence-electron chi connectivity index (χ3n) is 1.87. The molecule has 0 heterocycles. The van der Waals surface area contributed by atoms with Crippen molar-refractivity contribution < 1.29 is 4.39 Å². The predicted octanol–water partition coefficient (Wildman–Crippen LogP) is 2.82. The van der Waals surface area contributed by atoms with Gasteiger partial charge in [-0.25, -0.2) is 4.39 Å². The average molecular weight is 193 g/mol. The SMILES string of the molecule is CC(C(=S)C#N)c1ccc(F)cc1. The highest BCUT2D eigenvalue weighted by atomic mass is 32.1. The molecule has 0 aliphatic rings. The predicted molar refractivity (Wildman–Crippen MR) is 53.0 cm³/mol. The Bertz CT molecular complexity index is 350. The molecule has 0 amide bonds. The van der Waals surface area contributed by atoms with Crippen molar-refractivity contribution in [1.82, 2.24) is 0 Å². The van der Waals surface area contributed by atoms with Gasteiger partial charge in [-0.3, -0.25) is 0 Å². The van der Waals surface area contributed by atoms with E-state index in [1.165, 1.54) is 12.1 Å². The third-order valence-corrected chi connectivity index (χ3v) is 2.32. The van der Waals surface area contributed by atoms with E-state index < -0.39 is 0 Å². The van der Waals surface area contributed by atoms with Gasteiger partial charge in [0.1, 0.15) is 11.9 Å². The first-order valence-electron chi connectivity index (χ1n) is 3.84. The summed E-state index contributed by atoms with van der Waals surface area (Å²) < 4.78 is 12.5. The Morgan fingerprint density at radius 2 is 2.00 bits per heavy atom. The maximum absolute atomic E-state index is 12.5. The van der Waals surface area contributed by atoms with Gasteiger partial charge in [0.2, 0.25) is 0 Å². The fraction of sp³-hybridized carbons (Fsp3) is 0.200. The molecular weight excluding hydrogens is 185 g/mol. The van der Waals surface area contributed by atoms with E-state index in [0.717, 1.165) is 5.56 Å². The van der Waals surface area contributed by atoms with Crippen LogP contribution < -0.4 is 0 Å². The highest BCUT2D eigenvalue weighted by Gasteiger charge is 2.09. The standard InChI is InChI=1S/C10H8FNS/c1-7(10(13)6-12)8-2-4-9(11)5-3-8/h2-5,7H,1H3. The van der Waals surface area contributed by atoms with Gasteiger partial charge in [0.05, 0.1) is 4.86 Å². The lowest BCUT2D eigenvalue weighted by molar-refractivity contribution is 0.627. The van der Waals surface area contributed by atoms with Crippen molar-refractivity contribution in [3.8, 4) is 6.07 Å². The zero-order chi connectivity index (χ0) is 9.84. The van der Waals surface area contributed by atoms with Crippen LogP contribution in [0.5, 0.6) is 0 Å². The van der Waals surface area contributed by atoms with E-state index in [1.54, 1.807) is 12.1 Å². The summed E-state index contributed by atoms with van der Waals surface area (Å²) in [5, 5.41) is 8.56. The Morgan fingerprint density at radius 1 is 1.46 bits per heavy atom. The highest BCUT2D eigenvalue weighted by molar-refractivity contribution is 7.81. The van der Waals surface area contributed by atoms with E-state index in [2.05, 4.69) is 0 Å². The van der Waals surface area contributed by atoms with Crippen LogP contribution >= 0.6 is 12.2 Å². The summed E-state index contributed by atoms with van der Waals surface area (Å²) in [6, 6.07) is 7.93. The van der Waals surface area contributed by atoms with Gasteiger partial charge in [0, 0.05) is 5.92 Å². The molecule has 13 heavy (non-hydrogen) atoms. The van der Waals surface area contributed by atoms with Crippen LogP contribution in [-0.4, -0.2) is 4.86 Å². The molecule has 1 nitrogen and oxygen atoms in total. The molecule has 0 saturated heterocycles. The zero-order valence-corrected chi connectivity index (χ0v) is 7.94. The number of nitriles is 1. The van der Waals surface area contributed by atoms with Gasteiger partial charge in [-0.05, 0) is 17.7 Å². The molecule has 0 bridgehead atoms. The van der Waals surface area contributed by atoms with Gasteiger partial charge < -0.3 is 0 Å². The minimum atomic E-state index is -0.279. The Balaban J connectivity index is 2.91. The van der Waals surface area contributed by atoms with Crippen molar-refractivity contribution in [2.75, 3.05) is 0 Å². The summed E-state index contributed by atoms with van der Waals surface area (Å²) in [4.78, 5) is 0.326. The zero-order valence-electron chi connectivity index (χ0n) is 7.12. The first-order chi connectivity index (χ1) is 6.15. The summed E-state index contributed by atoms with van der Waals surface area (Å²) in [6.45, 7) is 1.83. The molecule has 0 aliphatic carbocycles. The maximum Gasteiger partial charge on any atom is 0.123 e. The molecule has 1 aromatic rings. The molecule has 0 aliphatic heterocycles. The maximum atomic E-state index is 12.5. The van der Waals surface area contributed by atoms with Gasteiger partial charge in [0.15, 0.2) is 0 Å². The second-order valence-electron chi connectivity index (χ2n) is 2.75. The van der Waals surface area contributed by atoms with Gasteiger partial charge >= 0.3 is 0 Å². The number of thiocarbonyl (C=S) groups is 1. The van der Waals surface area contributed by atoms with Crippen LogP contribution in [0.15, 0.2) is 24.3 Å². The van der Waals surface area contributed by atoms with Crippen LogP contribution in [0.25, 0.3) is 0 Å². The third kappa shape index (κ3) is 2.33. The molecule has 0 saturated carbocycles. The minimum Gasteiger partial charge on any atom is -0.207 e. The van der Waals surface area contributed by atoms with Crippen molar-refractivity contribution in [2.45, 2.75) is 12.8 Å². The molecule has 0 aromatic heterocycles. The molecule has 0 spiro atoms. The number of hydrogen-bond donors (Lipinski definition) is 0. The van der Waals surface area contributed by atoms with E-state index in [0.29, 0.717) is 4.86 Å². The van der Waals surface area contributed by atoms with E-state index in [-0.39, 0.29) is 11.7 Å². The number of halogens is 1. The minimum absolute atomic E-state index is 0.111. The average Bonchev–Trinajstić information content (AvgIpc) is 2.17. The van der Waals surface area contributed by atoms with Crippen LogP contribution in [0.4, 0.5) is 4.39 Å². The number of nitrogens with zero attached hydrogens (tertiary/aromatic N) is 1. The van der Waals surface area contributed by atoms with Crippen LogP contribution in [0.2, 0.25) is 0 Å². The van der Waals surface area contributed by atoms with Gasteiger partial charge in [-0.2, -0.15) is 5.26 Å². The lowest BCUT2D eigenvalue weighted by Gasteiger charge is -2.07. The van der Waals surface area contributed by atoms with Crippen molar-refractivity contribution in [3.63, 3.8) is 0 Å². The largest absolute Gasteiger partial charge is 0.207 e. The van der Waals surface area contributed by atoms with Crippen molar-refractivity contribution >= 4 is 17.1 Å². The Kier molecular flexibility index (Phi) is 3.10. The van der Waals surface area contributed by atoms with E-state index >= 15 is 0 Å². The van der Waals surface area contributed by atoms with Crippen LogP contribution in [0, 0.1) is 17.1 Å². The lowest BCUT2D eigenvalue weighted by Crippen LogP contribution is -2.03. The van der Waals surface area contributed by atoms with E-state index in [9.17, 15) is 4.39 Å². The Morgan fingerprint density at radius 3 is 2.46 bits per heavy atom. The molecule has 1 atom stereocenters. The first-order valence-corrected chi connectivity index (χ1v) is 4.25. The highest BCUT2D eigenvalue weighted by Crippen LogP contribution is 2.17. The van der Waals surface area contributed by atoms with Gasteiger partial charge in [0.25, 0.3) is 0 Å². The quantitative estimate of drug-likeness (QED) is 0.674. The molecule has 0 fully saturated rings. The summed E-state index contributed by atoms with van der Waals surface area (Å²) in [5.41, 5.74) is 0.868. The van der Waals surface area contributed by atoms with E-state index in [1.807, 2.05) is 13.0 Å². The molecular formula is C10H8FNS. The fourth-order valence-corrected chi connectivity index (χ4v) is 1.14. The molecule has 0 N–H and O–H groups in total. The molecule has 1 aromatic carbocycles. The van der Waals surface area contributed by atoms with Crippen LogP contribution in [0.1, 0.15) is 18.4 Å². The van der Waals surface area contributed by atoms with Crippen molar-refractivity contribution in [3.05, 3.63) is 35.6 Å². The number of hydrogen-bond acceptors (Lipinski definition) is 2. The molecule has 66 valence electrons. The van der Waals surface area contributed by atoms with Crippen molar-refractivity contribution in [2.24, 2.45) is 0 Å². The monoisotopic (exact) mass is 193 g/mol. The topological polar surface area (TPSA) is 23.8 Å². The van der Waals surface area contributed by atoms with Crippen LogP contribution in [0.3, 0.4) is 0 Å². The normalized spacial score (nSPS) is 11.8. The molecule has 3 heteroatoms. The number of rotatable bonds is 2. The van der Waals surface area contributed by atoms with E-state index in [4.69, 9.17) is 17.5 Å². The summed E-state index contributed by atoms with van der Waals surface area (Å²) in [7, 11) is 0. The molecule has 1 unspecified atom stereocenters.